The predicted molar refractivity (Wildman–Crippen MR) is 211 cm³/mol. The summed E-state index contributed by atoms with van der Waals surface area (Å²) >= 11 is 0. The zero-order valence-corrected chi connectivity index (χ0v) is 33.2. The fourth-order valence-corrected chi connectivity index (χ4v) is 17.5. The van der Waals surface area contributed by atoms with Gasteiger partial charge in [-0.3, -0.25) is 9.11 Å². The first-order chi connectivity index (χ1) is 23.8. The number of rotatable bonds is 7. The van der Waals surface area contributed by atoms with Gasteiger partial charge in [0.15, 0.2) is 0 Å². The topological polar surface area (TPSA) is 95.7 Å². The Bertz CT molecular complexity index is 1770. The molecule has 1 aromatic rings. The molecule has 1 aromatic carbocycles. The molecule has 6 nitrogen and oxygen atoms in total. The quantitative estimate of drug-likeness (QED) is 0.197. The number of nitrogens with one attached hydrogen (secondary N) is 1. The van der Waals surface area contributed by atoms with Gasteiger partial charge in [0, 0.05) is 36.2 Å². The van der Waals surface area contributed by atoms with Gasteiger partial charge >= 0.3 is 5.97 Å². The largest absolute Gasteiger partial charge is 0.478 e. The number of fused-ring (bicyclic) bond motifs is 9. The highest BCUT2D eigenvalue weighted by molar-refractivity contribution is 8.01. The second-order valence-corrected chi connectivity index (χ2v) is 22.8. The van der Waals surface area contributed by atoms with E-state index in [0.717, 1.165) is 32.5 Å². The molecule has 2 saturated heterocycles. The summed E-state index contributed by atoms with van der Waals surface area (Å²) in [7, 11) is -2.05. The van der Waals surface area contributed by atoms with Crippen molar-refractivity contribution < 1.29 is 14.1 Å². The Hall–Kier alpha value is -1.93. The zero-order chi connectivity index (χ0) is 36.6. The van der Waals surface area contributed by atoms with E-state index < -0.39 is 21.2 Å². The van der Waals surface area contributed by atoms with E-state index in [9.17, 15) is 14.1 Å². The zero-order valence-electron chi connectivity index (χ0n) is 32.4. The summed E-state index contributed by atoms with van der Waals surface area (Å²) in [6.45, 7) is 22.6. The van der Waals surface area contributed by atoms with Crippen LogP contribution < -0.4 is 11.1 Å². The normalized spacial score (nSPS) is 48.3. The molecule has 7 aliphatic rings. The van der Waals surface area contributed by atoms with Crippen LogP contribution in [0.3, 0.4) is 0 Å². The van der Waals surface area contributed by atoms with E-state index in [2.05, 4.69) is 70.3 Å². The van der Waals surface area contributed by atoms with E-state index in [0.29, 0.717) is 40.9 Å². The van der Waals surface area contributed by atoms with Crippen LogP contribution in [0.1, 0.15) is 122 Å². The lowest BCUT2D eigenvalue weighted by Crippen LogP contribution is -2.68. The molecule has 4 saturated carbocycles. The Kier molecular flexibility index (Phi) is 8.16. The van der Waals surface area contributed by atoms with Crippen molar-refractivity contribution >= 4 is 26.9 Å². The van der Waals surface area contributed by atoms with E-state index in [1.54, 1.807) is 12.1 Å². The summed E-state index contributed by atoms with van der Waals surface area (Å²) in [5.74, 6) is 6.87. The minimum atomic E-state index is -2.05. The third-order valence-corrected chi connectivity index (χ3v) is 20.2. The highest BCUT2D eigenvalue weighted by Gasteiger charge is 2.70. The van der Waals surface area contributed by atoms with Crippen molar-refractivity contribution in [1.29, 1.82) is 0 Å². The number of carboxylic acid groups (broad SMARTS) is 1. The standard InChI is InChI=1S/C44H65N3O3S/c1-28(2)32-15-20-43(46-23-24-47-26-31-25-44(47,45)27-51(31,8)50)22-21-41(6)34(37(32)43)13-14-36-40(5)18-16-33(29-9-11-30(12-10-29)38(48)49)39(3,4)35(40)17-19-42(36,41)7/h9-12,16,31-32,34-37,46H,1,8,13-15,17-27,45H2,2-7H3,(H,48,49)/t31-,32+,34-,35+,36-,37-,40+,41-,42-,43+,44-,51?/m1/s1. The van der Waals surface area contributed by atoms with Crippen LogP contribution in [0.4, 0.5) is 0 Å². The molecule has 6 fully saturated rings. The van der Waals surface area contributed by atoms with E-state index in [1.165, 1.54) is 68.1 Å². The third kappa shape index (κ3) is 4.98. The monoisotopic (exact) mass is 715 g/mol. The maximum atomic E-state index is 13.0. The number of allylic oxidation sites excluding steroid dienone is 3. The number of aromatic carboxylic acids is 1. The van der Waals surface area contributed by atoms with Crippen LogP contribution in [0.25, 0.3) is 5.57 Å². The Balaban J connectivity index is 1.05. The molecule has 2 bridgehead atoms. The van der Waals surface area contributed by atoms with Gasteiger partial charge in [0.05, 0.1) is 11.2 Å². The molecule has 0 spiro atoms. The van der Waals surface area contributed by atoms with Gasteiger partial charge in [-0.25, -0.2) is 4.79 Å². The minimum Gasteiger partial charge on any atom is -0.478 e. The van der Waals surface area contributed by atoms with Crippen molar-refractivity contribution in [2.45, 2.75) is 122 Å². The molecule has 1 unspecified atom stereocenters. The number of hydrogen-bond donors (Lipinski definition) is 3. The fraction of sp³-hybridized carbons (Fsp3) is 0.727. The smallest absolute Gasteiger partial charge is 0.335 e. The first-order valence-corrected chi connectivity index (χ1v) is 22.1. The Morgan fingerprint density at radius 2 is 1.73 bits per heavy atom. The van der Waals surface area contributed by atoms with Gasteiger partial charge in [0.1, 0.15) is 0 Å². The molecule has 2 aliphatic heterocycles. The number of nitrogens with zero attached hydrogens (tertiary/aromatic N) is 1. The van der Waals surface area contributed by atoms with Crippen LogP contribution >= 0.6 is 0 Å². The Morgan fingerprint density at radius 3 is 2.35 bits per heavy atom. The second-order valence-electron chi connectivity index (χ2n) is 20.1. The van der Waals surface area contributed by atoms with Crippen molar-refractivity contribution in [3.63, 3.8) is 0 Å². The number of hydrogen-bond acceptors (Lipinski definition) is 5. The maximum absolute atomic E-state index is 13.0. The van der Waals surface area contributed by atoms with Crippen LogP contribution in [0, 0.1) is 51.2 Å². The van der Waals surface area contributed by atoms with Crippen molar-refractivity contribution in [3.8, 4) is 0 Å². The van der Waals surface area contributed by atoms with Crippen LogP contribution in [-0.4, -0.2) is 67.9 Å². The van der Waals surface area contributed by atoms with Crippen molar-refractivity contribution in [3.05, 3.63) is 53.6 Å². The lowest BCUT2D eigenvalue weighted by Gasteiger charge is -2.72. The first kappa shape index (κ1) is 36.1. The highest BCUT2D eigenvalue weighted by Crippen LogP contribution is 2.76. The van der Waals surface area contributed by atoms with Crippen molar-refractivity contribution in [2.75, 3.05) is 25.4 Å². The van der Waals surface area contributed by atoms with Crippen LogP contribution in [-0.2, 0) is 9.52 Å². The average Bonchev–Trinajstić information content (AvgIpc) is 3.67. The minimum absolute atomic E-state index is 0.0139. The summed E-state index contributed by atoms with van der Waals surface area (Å²) < 4.78 is 13.0. The van der Waals surface area contributed by atoms with Gasteiger partial charge < -0.3 is 16.2 Å². The Morgan fingerprint density at radius 1 is 1.00 bits per heavy atom. The molecule has 280 valence electrons. The molecule has 4 N–H and O–H groups in total. The van der Waals surface area contributed by atoms with Crippen LogP contribution in [0.2, 0.25) is 0 Å². The second kappa shape index (κ2) is 11.5. The van der Waals surface area contributed by atoms with E-state index in [-0.39, 0.29) is 32.4 Å². The number of likely N-dealkylation sites (tertiary alicyclic amines) is 1. The summed E-state index contributed by atoms with van der Waals surface area (Å²) in [5.41, 5.74) is 11.7. The van der Waals surface area contributed by atoms with Gasteiger partial charge in [-0.2, -0.15) is 0 Å². The van der Waals surface area contributed by atoms with Gasteiger partial charge in [0.25, 0.3) is 0 Å². The summed E-state index contributed by atoms with van der Waals surface area (Å²) in [5, 5.41) is 13.9. The summed E-state index contributed by atoms with van der Waals surface area (Å²) in [6.07, 6.45) is 14.6. The number of benzene rings is 1. The molecule has 51 heavy (non-hydrogen) atoms. The van der Waals surface area contributed by atoms with Gasteiger partial charge in [-0.1, -0.05) is 65.0 Å². The van der Waals surface area contributed by atoms with E-state index >= 15 is 0 Å². The lowest BCUT2D eigenvalue weighted by atomic mass is 9.33. The molecular formula is C44H65N3O3S. The Labute approximate surface area is 308 Å². The molecule has 12 atom stereocenters. The van der Waals surface area contributed by atoms with Crippen LogP contribution in [0.15, 0.2) is 42.5 Å². The molecule has 5 aliphatic carbocycles. The third-order valence-electron chi connectivity index (χ3n) is 17.7. The molecule has 8 rings (SSSR count). The first-order valence-electron chi connectivity index (χ1n) is 20.1. The van der Waals surface area contributed by atoms with E-state index in [1.807, 2.05) is 12.1 Å². The van der Waals surface area contributed by atoms with Gasteiger partial charge in [0.2, 0.25) is 0 Å². The van der Waals surface area contributed by atoms with Crippen LogP contribution in [0.5, 0.6) is 0 Å². The highest BCUT2D eigenvalue weighted by atomic mass is 32.2. The molecule has 0 radical (unpaired) electrons. The average molecular weight is 716 g/mol. The number of nitrogens with two attached hydrogens (primary N) is 1. The molecular weight excluding hydrogens is 651 g/mol. The fourth-order valence-electron chi connectivity index (χ4n) is 15.1. The maximum Gasteiger partial charge on any atom is 0.335 e. The number of carbonyl (C=O) groups is 1. The summed E-state index contributed by atoms with van der Waals surface area (Å²) in [6, 6.07) is 7.61. The van der Waals surface area contributed by atoms with E-state index in [4.69, 9.17) is 5.73 Å². The van der Waals surface area contributed by atoms with Gasteiger partial charge in [-0.15, -0.1) is 0 Å². The van der Waals surface area contributed by atoms with Crippen molar-refractivity contribution in [2.24, 2.45) is 57.0 Å². The predicted octanol–water partition coefficient (Wildman–Crippen LogP) is 7.84. The van der Waals surface area contributed by atoms with Crippen molar-refractivity contribution in [1.82, 2.24) is 10.2 Å². The molecule has 2 heterocycles. The molecule has 0 aromatic heterocycles. The molecule has 0 amide bonds. The van der Waals surface area contributed by atoms with Gasteiger partial charge in [-0.05, 0) is 161 Å². The number of carboxylic acids is 1. The lowest BCUT2D eigenvalue weighted by molar-refractivity contribution is -0.219. The SMILES string of the molecule is C=C(C)[C@@H]1CC[C@]2(NCCN3C[C@H]4C[C@]3(N)CS4(=C)=O)CC[C@]3(C)[C@H](CC[C@@H]4[C@@]5(C)CC=C(c6ccc(C(=O)O)cc6)C(C)(C)[C@@H]5CC[C@]43C)[C@@H]12. The summed E-state index contributed by atoms with van der Waals surface area (Å²) in [4.78, 5) is 14.0. The molecule has 7 heteroatoms.